The van der Waals surface area contributed by atoms with E-state index in [1.165, 1.54) is 10.5 Å². The molecule has 1 atom stereocenters. The SMILES string of the molecule is Cc1ccccc1SCC(NN)c1cc(Cl)ccc1Cl. The molecule has 0 aliphatic carbocycles. The lowest BCUT2D eigenvalue weighted by Gasteiger charge is -2.18. The first-order valence-electron chi connectivity index (χ1n) is 6.21. The zero-order chi connectivity index (χ0) is 14.5. The van der Waals surface area contributed by atoms with Gasteiger partial charge in [-0.15, -0.1) is 11.8 Å². The standard InChI is InChI=1S/C15H16Cl2N2S/c1-10-4-2-3-5-15(10)20-9-14(19-18)12-8-11(16)6-7-13(12)17/h2-8,14,19H,9,18H2,1H3. The van der Waals surface area contributed by atoms with Gasteiger partial charge in [0.2, 0.25) is 0 Å². The molecule has 2 rings (SSSR count). The molecule has 2 aromatic rings. The molecule has 0 heterocycles. The van der Waals surface area contributed by atoms with Crippen LogP contribution in [0.2, 0.25) is 10.0 Å². The maximum Gasteiger partial charge on any atom is 0.0569 e. The van der Waals surface area contributed by atoms with E-state index in [2.05, 4.69) is 24.5 Å². The van der Waals surface area contributed by atoms with Gasteiger partial charge in [0.05, 0.1) is 6.04 Å². The molecular weight excluding hydrogens is 311 g/mol. The number of nitrogens with two attached hydrogens (primary N) is 1. The zero-order valence-corrected chi connectivity index (χ0v) is 13.4. The van der Waals surface area contributed by atoms with Crippen LogP contribution < -0.4 is 11.3 Å². The molecule has 0 saturated heterocycles. The lowest BCUT2D eigenvalue weighted by atomic mass is 10.1. The van der Waals surface area contributed by atoms with E-state index in [1.807, 2.05) is 18.2 Å². The Bertz CT molecular complexity index is 590. The third-order valence-electron chi connectivity index (χ3n) is 3.03. The van der Waals surface area contributed by atoms with Gasteiger partial charge >= 0.3 is 0 Å². The molecule has 0 bridgehead atoms. The third-order valence-corrected chi connectivity index (χ3v) is 4.88. The van der Waals surface area contributed by atoms with E-state index in [0.717, 1.165) is 11.3 Å². The van der Waals surface area contributed by atoms with Gasteiger partial charge in [0.25, 0.3) is 0 Å². The Morgan fingerprint density at radius 2 is 1.95 bits per heavy atom. The van der Waals surface area contributed by atoms with Crippen LogP contribution in [0.4, 0.5) is 0 Å². The van der Waals surface area contributed by atoms with E-state index in [0.29, 0.717) is 10.0 Å². The third kappa shape index (κ3) is 3.90. The van der Waals surface area contributed by atoms with E-state index in [1.54, 1.807) is 23.9 Å². The maximum absolute atomic E-state index is 6.22. The number of hydrogen-bond acceptors (Lipinski definition) is 3. The Hall–Kier alpha value is -0.710. The number of hydrogen-bond donors (Lipinski definition) is 2. The average Bonchev–Trinajstić information content (AvgIpc) is 2.45. The summed E-state index contributed by atoms with van der Waals surface area (Å²) in [5.74, 6) is 6.44. The van der Waals surface area contributed by atoms with Crippen LogP contribution in [0.1, 0.15) is 17.2 Å². The summed E-state index contributed by atoms with van der Waals surface area (Å²) in [4.78, 5) is 1.24. The Balaban J connectivity index is 2.13. The first-order chi connectivity index (χ1) is 9.61. The lowest BCUT2D eigenvalue weighted by Crippen LogP contribution is -2.30. The number of benzene rings is 2. The topological polar surface area (TPSA) is 38.0 Å². The number of aryl methyl sites for hydroxylation is 1. The minimum absolute atomic E-state index is 0.0502. The van der Waals surface area contributed by atoms with E-state index >= 15 is 0 Å². The zero-order valence-electron chi connectivity index (χ0n) is 11.1. The number of nitrogens with one attached hydrogen (secondary N) is 1. The Morgan fingerprint density at radius 3 is 2.65 bits per heavy atom. The second-order valence-electron chi connectivity index (χ2n) is 4.46. The van der Waals surface area contributed by atoms with E-state index in [4.69, 9.17) is 29.0 Å². The maximum atomic E-state index is 6.22. The first kappa shape index (κ1) is 15.7. The van der Waals surface area contributed by atoms with Crippen LogP contribution in [0, 0.1) is 6.92 Å². The monoisotopic (exact) mass is 326 g/mol. The molecule has 0 aliphatic rings. The molecule has 0 aliphatic heterocycles. The van der Waals surface area contributed by atoms with Crippen LogP contribution >= 0.6 is 35.0 Å². The summed E-state index contributed by atoms with van der Waals surface area (Å²) in [5.41, 5.74) is 4.99. The second kappa shape index (κ2) is 7.34. The molecule has 0 fully saturated rings. The van der Waals surface area contributed by atoms with Crippen molar-refractivity contribution in [3.05, 3.63) is 63.6 Å². The molecule has 106 valence electrons. The minimum Gasteiger partial charge on any atom is -0.271 e. The Labute approximate surface area is 133 Å². The number of rotatable bonds is 5. The smallest absolute Gasteiger partial charge is 0.0569 e. The van der Waals surface area contributed by atoms with E-state index < -0.39 is 0 Å². The van der Waals surface area contributed by atoms with Crippen LogP contribution in [-0.4, -0.2) is 5.75 Å². The van der Waals surface area contributed by atoms with Gasteiger partial charge in [-0.2, -0.15) is 0 Å². The summed E-state index contributed by atoms with van der Waals surface area (Å²) in [5, 5.41) is 1.33. The van der Waals surface area contributed by atoms with Crippen molar-refractivity contribution in [1.82, 2.24) is 5.43 Å². The molecule has 0 saturated carbocycles. The molecule has 1 unspecified atom stereocenters. The minimum atomic E-state index is -0.0502. The fourth-order valence-electron chi connectivity index (χ4n) is 1.90. The van der Waals surface area contributed by atoms with E-state index in [9.17, 15) is 0 Å². The molecule has 5 heteroatoms. The highest BCUT2D eigenvalue weighted by Gasteiger charge is 2.14. The van der Waals surface area contributed by atoms with Gasteiger partial charge in [0, 0.05) is 20.7 Å². The van der Waals surface area contributed by atoms with Gasteiger partial charge in [-0.05, 0) is 42.3 Å². The van der Waals surface area contributed by atoms with Gasteiger partial charge in [0.1, 0.15) is 0 Å². The Kier molecular flexibility index (Phi) is 5.75. The van der Waals surface area contributed by atoms with Crippen molar-refractivity contribution in [2.24, 2.45) is 5.84 Å². The highest BCUT2D eigenvalue weighted by atomic mass is 35.5. The highest BCUT2D eigenvalue weighted by molar-refractivity contribution is 7.99. The van der Waals surface area contributed by atoms with Crippen molar-refractivity contribution in [3.63, 3.8) is 0 Å². The summed E-state index contributed by atoms with van der Waals surface area (Å²) in [6.45, 7) is 2.10. The predicted molar refractivity (Wildman–Crippen MR) is 88.4 cm³/mol. The van der Waals surface area contributed by atoms with Gasteiger partial charge in [0.15, 0.2) is 0 Å². The summed E-state index contributed by atoms with van der Waals surface area (Å²) >= 11 is 14.0. The van der Waals surface area contributed by atoms with Crippen LogP contribution in [-0.2, 0) is 0 Å². The predicted octanol–water partition coefficient (Wildman–Crippen LogP) is 4.60. The summed E-state index contributed by atoms with van der Waals surface area (Å²) < 4.78 is 0. The fourth-order valence-corrected chi connectivity index (χ4v) is 3.42. The molecule has 0 aromatic heterocycles. The van der Waals surface area contributed by atoms with Crippen LogP contribution in [0.25, 0.3) is 0 Å². The number of hydrazine groups is 1. The van der Waals surface area contributed by atoms with Crippen LogP contribution in [0.3, 0.4) is 0 Å². The van der Waals surface area contributed by atoms with E-state index in [-0.39, 0.29) is 6.04 Å². The van der Waals surface area contributed by atoms with Crippen molar-refractivity contribution in [3.8, 4) is 0 Å². The molecule has 2 aromatic carbocycles. The Morgan fingerprint density at radius 1 is 1.20 bits per heavy atom. The van der Waals surface area contributed by atoms with Gasteiger partial charge < -0.3 is 0 Å². The summed E-state index contributed by atoms with van der Waals surface area (Å²) in [7, 11) is 0. The molecule has 2 nitrogen and oxygen atoms in total. The van der Waals surface area contributed by atoms with Crippen molar-refractivity contribution >= 4 is 35.0 Å². The van der Waals surface area contributed by atoms with Crippen molar-refractivity contribution < 1.29 is 0 Å². The largest absolute Gasteiger partial charge is 0.271 e. The quantitative estimate of drug-likeness (QED) is 0.479. The molecule has 0 spiro atoms. The second-order valence-corrected chi connectivity index (χ2v) is 6.37. The summed E-state index contributed by atoms with van der Waals surface area (Å²) in [6.07, 6.45) is 0. The molecular formula is C15H16Cl2N2S. The first-order valence-corrected chi connectivity index (χ1v) is 7.95. The normalized spacial score (nSPS) is 12.4. The fraction of sp³-hybridized carbons (Fsp3) is 0.200. The lowest BCUT2D eigenvalue weighted by molar-refractivity contribution is 0.611. The van der Waals surface area contributed by atoms with Crippen LogP contribution in [0.15, 0.2) is 47.4 Å². The molecule has 0 amide bonds. The number of thioether (sulfide) groups is 1. The molecule has 20 heavy (non-hydrogen) atoms. The highest BCUT2D eigenvalue weighted by Crippen LogP contribution is 2.31. The van der Waals surface area contributed by atoms with Crippen molar-refractivity contribution in [2.75, 3.05) is 5.75 Å². The van der Waals surface area contributed by atoms with Gasteiger partial charge in [-0.3, -0.25) is 11.3 Å². The molecule has 0 radical (unpaired) electrons. The number of halogens is 2. The van der Waals surface area contributed by atoms with Crippen molar-refractivity contribution in [1.29, 1.82) is 0 Å². The van der Waals surface area contributed by atoms with Gasteiger partial charge in [-0.1, -0.05) is 41.4 Å². The average molecular weight is 327 g/mol. The molecule has 3 N–H and O–H groups in total. The van der Waals surface area contributed by atoms with Gasteiger partial charge in [-0.25, -0.2) is 0 Å². The van der Waals surface area contributed by atoms with Crippen LogP contribution in [0.5, 0.6) is 0 Å². The summed E-state index contributed by atoms with van der Waals surface area (Å²) in [6, 6.07) is 13.6. The van der Waals surface area contributed by atoms with Crippen molar-refractivity contribution in [2.45, 2.75) is 17.9 Å².